The van der Waals surface area contributed by atoms with Crippen LogP contribution < -0.4 is 4.90 Å². The monoisotopic (exact) mass is 264 g/mol. The van der Waals surface area contributed by atoms with E-state index in [-0.39, 0.29) is 0 Å². The number of hydrogen-bond acceptors (Lipinski definition) is 4. The molecule has 3 nitrogen and oxygen atoms in total. The van der Waals surface area contributed by atoms with Gasteiger partial charge in [0.05, 0.1) is 9.88 Å². The Labute approximate surface area is 112 Å². The van der Waals surface area contributed by atoms with E-state index in [4.69, 9.17) is 0 Å². The SMILES string of the molecule is O=Cc1ccc(N2CCN(C3CCCC3)CC2)s1. The Balaban J connectivity index is 1.57. The summed E-state index contributed by atoms with van der Waals surface area (Å²) in [5.41, 5.74) is 0. The fraction of sp³-hybridized carbons (Fsp3) is 0.643. The lowest BCUT2D eigenvalue weighted by Gasteiger charge is -2.38. The quantitative estimate of drug-likeness (QED) is 0.784. The summed E-state index contributed by atoms with van der Waals surface area (Å²) in [5, 5.41) is 1.25. The van der Waals surface area contributed by atoms with Crippen LogP contribution in [0.4, 0.5) is 5.00 Å². The minimum absolute atomic E-state index is 0.836. The third-order valence-electron chi connectivity index (χ3n) is 4.20. The summed E-state index contributed by atoms with van der Waals surface area (Å²) in [6, 6.07) is 4.86. The Morgan fingerprint density at radius 1 is 1.11 bits per heavy atom. The molecule has 1 aliphatic heterocycles. The maximum Gasteiger partial charge on any atom is 0.160 e. The highest BCUT2D eigenvalue weighted by atomic mass is 32.1. The molecule has 0 bridgehead atoms. The molecule has 4 heteroatoms. The largest absolute Gasteiger partial charge is 0.361 e. The molecule has 2 fully saturated rings. The van der Waals surface area contributed by atoms with Crippen LogP contribution in [0.2, 0.25) is 0 Å². The van der Waals surface area contributed by atoms with E-state index in [1.54, 1.807) is 11.3 Å². The summed E-state index contributed by atoms with van der Waals surface area (Å²) in [6.07, 6.45) is 6.57. The van der Waals surface area contributed by atoms with Crippen LogP contribution in [0.5, 0.6) is 0 Å². The van der Waals surface area contributed by atoms with E-state index in [9.17, 15) is 4.79 Å². The first-order valence-electron chi connectivity index (χ1n) is 6.91. The van der Waals surface area contributed by atoms with Gasteiger partial charge in [0, 0.05) is 32.2 Å². The van der Waals surface area contributed by atoms with Crippen LogP contribution in [0.15, 0.2) is 12.1 Å². The molecule has 0 N–H and O–H groups in total. The van der Waals surface area contributed by atoms with Crippen LogP contribution >= 0.6 is 11.3 Å². The fourth-order valence-corrected chi connectivity index (χ4v) is 4.03. The lowest BCUT2D eigenvalue weighted by Crippen LogP contribution is -2.49. The molecule has 18 heavy (non-hydrogen) atoms. The Morgan fingerprint density at radius 2 is 1.83 bits per heavy atom. The van der Waals surface area contributed by atoms with Crippen LogP contribution in [-0.2, 0) is 0 Å². The van der Waals surface area contributed by atoms with Gasteiger partial charge in [-0.15, -0.1) is 11.3 Å². The normalized spacial score (nSPS) is 22.6. The van der Waals surface area contributed by atoms with Gasteiger partial charge in [-0.1, -0.05) is 12.8 Å². The maximum atomic E-state index is 10.7. The van der Waals surface area contributed by atoms with E-state index in [1.807, 2.05) is 6.07 Å². The van der Waals surface area contributed by atoms with E-state index >= 15 is 0 Å². The molecule has 0 unspecified atom stereocenters. The number of thiophene rings is 1. The zero-order chi connectivity index (χ0) is 12.4. The highest BCUT2D eigenvalue weighted by Gasteiger charge is 2.26. The van der Waals surface area contributed by atoms with Crippen LogP contribution in [0.3, 0.4) is 0 Å². The zero-order valence-electron chi connectivity index (χ0n) is 10.7. The van der Waals surface area contributed by atoms with Crippen molar-refractivity contribution >= 4 is 22.6 Å². The highest BCUT2D eigenvalue weighted by Crippen LogP contribution is 2.28. The number of piperazine rings is 1. The molecule has 1 saturated carbocycles. The van der Waals surface area contributed by atoms with Gasteiger partial charge in [-0.25, -0.2) is 0 Å². The van der Waals surface area contributed by atoms with Crippen LogP contribution in [0, 0.1) is 0 Å². The third-order valence-corrected chi connectivity index (χ3v) is 5.27. The van der Waals surface area contributed by atoms with Crippen LogP contribution in [-0.4, -0.2) is 43.4 Å². The molecule has 1 saturated heterocycles. The molecule has 1 aromatic rings. The molecule has 1 aliphatic carbocycles. The van der Waals surface area contributed by atoms with Gasteiger partial charge in [-0.3, -0.25) is 9.69 Å². The molecule has 2 aliphatic rings. The van der Waals surface area contributed by atoms with Gasteiger partial charge in [0.2, 0.25) is 0 Å². The fourth-order valence-electron chi connectivity index (χ4n) is 3.15. The predicted molar refractivity (Wildman–Crippen MR) is 75.7 cm³/mol. The highest BCUT2D eigenvalue weighted by molar-refractivity contribution is 7.17. The van der Waals surface area contributed by atoms with Crippen molar-refractivity contribution in [1.82, 2.24) is 4.90 Å². The molecule has 3 rings (SSSR count). The lowest BCUT2D eigenvalue weighted by atomic mass is 10.2. The van der Waals surface area contributed by atoms with Crippen molar-refractivity contribution < 1.29 is 4.79 Å². The van der Waals surface area contributed by atoms with Gasteiger partial charge in [-0.05, 0) is 25.0 Å². The number of carbonyl (C=O) groups is 1. The van der Waals surface area contributed by atoms with Gasteiger partial charge in [-0.2, -0.15) is 0 Å². The van der Waals surface area contributed by atoms with Crippen LogP contribution in [0.1, 0.15) is 35.4 Å². The average Bonchev–Trinajstić information content (AvgIpc) is 3.10. The first kappa shape index (κ1) is 12.2. The number of rotatable bonds is 3. The minimum atomic E-state index is 0.836. The van der Waals surface area contributed by atoms with E-state index in [2.05, 4.69) is 15.9 Å². The molecule has 0 aromatic carbocycles. The number of nitrogens with zero attached hydrogens (tertiary/aromatic N) is 2. The topological polar surface area (TPSA) is 23.6 Å². The van der Waals surface area contributed by atoms with Crippen molar-refractivity contribution in [3.63, 3.8) is 0 Å². The second-order valence-electron chi connectivity index (χ2n) is 5.26. The first-order chi connectivity index (χ1) is 8.86. The van der Waals surface area contributed by atoms with Crippen molar-refractivity contribution in [2.75, 3.05) is 31.1 Å². The minimum Gasteiger partial charge on any atom is -0.361 e. The summed E-state index contributed by atoms with van der Waals surface area (Å²) in [4.78, 5) is 16.6. The second kappa shape index (κ2) is 5.41. The molecular formula is C14H20N2OS. The molecule has 0 spiro atoms. The van der Waals surface area contributed by atoms with Crippen molar-refractivity contribution in [1.29, 1.82) is 0 Å². The molecule has 1 aromatic heterocycles. The van der Waals surface area contributed by atoms with Crippen LogP contribution in [0.25, 0.3) is 0 Å². The first-order valence-corrected chi connectivity index (χ1v) is 7.72. The van der Waals surface area contributed by atoms with Crippen molar-refractivity contribution in [2.24, 2.45) is 0 Å². The molecule has 0 radical (unpaired) electrons. The zero-order valence-corrected chi connectivity index (χ0v) is 11.5. The van der Waals surface area contributed by atoms with Gasteiger partial charge in [0.1, 0.15) is 0 Å². The Bertz CT molecular complexity index is 404. The summed E-state index contributed by atoms with van der Waals surface area (Å²) < 4.78 is 0. The third kappa shape index (κ3) is 2.45. The molecule has 0 amide bonds. The summed E-state index contributed by atoms with van der Waals surface area (Å²) in [5.74, 6) is 0. The molecule has 0 atom stereocenters. The molecular weight excluding hydrogens is 244 g/mol. The summed E-state index contributed by atoms with van der Waals surface area (Å²) >= 11 is 1.61. The van der Waals surface area contributed by atoms with Gasteiger partial charge >= 0.3 is 0 Å². The summed E-state index contributed by atoms with van der Waals surface area (Å²) in [6.45, 7) is 4.57. The van der Waals surface area contributed by atoms with Gasteiger partial charge < -0.3 is 4.90 Å². The second-order valence-corrected chi connectivity index (χ2v) is 6.35. The average molecular weight is 264 g/mol. The number of aldehydes is 1. The smallest absolute Gasteiger partial charge is 0.160 e. The van der Waals surface area contributed by atoms with E-state index in [1.165, 1.54) is 43.8 Å². The van der Waals surface area contributed by atoms with Gasteiger partial charge in [0.25, 0.3) is 0 Å². The van der Waals surface area contributed by atoms with Gasteiger partial charge in [0.15, 0.2) is 6.29 Å². The lowest BCUT2D eigenvalue weighted by molar-refractivity contribution is 0.112. The predicted octanol–water partition coefficient (Wildman–Crippen LogP) is 2.63. The number of carbonyl (C=O) groups excluding carboxylic acids is 1. The van der Waals surface area contributed by atoms with Crippen molar-refractivity contribution in [2.45, 2.75) is 31.7 Å². The Hall–Kier alpha value is -0.870. The molecule has 98 valence electrons. The number of anilines is 1. The van der Waals surface area contributed by atoms with E-state index in [0.29, 0.717) is 0 Å². The van der Waals surface area contributed by atoms with Crippen molar-refractivity contribution in [3.8, 4) is 0 Å². The number of hydrogen-bond donors (Lipinski definition) is 0. The van der Waals surface area contributed by atoms with E-state index in [0.717, 1.165) is 30.3 Å². The Kier molecular flexibility index (Phi) is 3.66. The Morgan fingerprint density at radius 3 is 2.44 bits per heavy atom. The standard InChI is InChI=1S/C14H20N2OS/c17-11-13-5-6-14(18-13)16-9-7-15(8-10-16)12-3-1-2-4-12/h5-6,11-12H,1-4,7-10H2. The van der Waals surface area contributed by atoms with Crippen molar-refractivity contribution in [3.05, 3.63) is 17.0 Å². The maximum absolute atomic E-state index is 10.7. The van der Waals surface area contributed by atoms with E-state index < -0.39 is 0 Å². The summed E-state index contributed by atoms with van der Waals surface area (Å²) in [7, 11) is 0. The molecule has 2 heterocycles.